The predicted octanol–water partition coefficient (Wildman–Crippen LogP) is 4.53. The fourth-order valence-corrected chi connectivity index (χ4v) is 3.68. The summed E-state index contributed by atoms with van der Waals surface area (Å²) in [6, 6.07) is 9.35. The minimum atomic E-state index is -0.507. The van der Waals surface area contributed by atoms with Gasteiger partial charge in [0.2, 0.25) is 5.95 Å². The molecule has 0 bridgehead atoms. The van der Waals surface area contributed by atoms with E-state index in [1.807, 2.05) is 25.1 Å². The second-order valence-electron chi connectivity index (χ2n) is 6.58. The smallest absolute Gasteiger partial charge is 0.213 e. The largest absolute Gasteiger partial charge is 0.370 e. The Morgan fingerprint density at radius 1 is 1.00 bits per heavy atom. The summed E-state index contributed by atoms with van der Waals surface area (Å²) in [4.78, 5) is 6.32. The Bertz CT molecular complexity index is 913. The molecule has 0 unspecified atom stereocenters. The molecule has 2 aromatic heterocycles. The molecular weight excluding hydrogens is 397 g/mol. The van der Waals surface area contributed by atoms with Crippen molar-refractivity contribution < 1.29 is 4.39 Å². The maximum absolute atomic E-state index is 13.6. The molecule has 1 fully saturated rings. The van der Waals surface area contributed by atoms with E-state index >= 15 is 0 Å². The Labute approximate surface area is 160 Å². The molecule has 134 valence electrons. The van der Waals surface area contributed by atoms with Crippen molar-refractivity contribution in [2.24, 2.45) is 0 Å². The molecule has 1 aliphatic heterocycles. The first-order valence-corrected chi connectivity index (χ1v) is 9.51. The number of aromatic nitrogens is 4. The quantitative estimate of drug-likeness (QED) is 0.589. The van der Waals surface area contributed by atoms with E-state index in [2.05, 4.69) is 42.2 Å². The van der Waals surface area contributed by atoms with E-state index in [0.717, 1.165) is 34.5 Å². The fraction of sp³-hybridized carbons (Fsp3) is 0.316. The molecule has 5 nitrogen and oxygen atoms in total. The van der Waals surface area contributed by atoms with Crippen LogP contribution in [0.15, 0.2) is 41.0 Å². The second-order valence-corrected chi connectivity index (χ2v) is 7.50. The Morgan fingerprint density at radius 2 is 1.81 bits per heavy atom. The van der Waals surface area contributed by atoms with Crippen LogP contribution in [0.4, 0.5) is 10.1 Å². The molecule has 0 amide bonds. The first kappa shape index (κ1) is 17.1. The third kappa shape index (κ3) is 3.49. The van der Waals surface area contributed by atoms with E-state index in [1.165, 1.54) is 25.3 Å². The van der Waals surface area contributed by atoms with E-state index < -0.39 is 5.95 Å². The molecule has 0 aliphatic carbocycles. The molecule has 1 aliphatic rings. The Hall–Kier alpha value is -2.28. The number of benzene rings is 1. The molecule has 0 saturated carbocycles. The normalized spacial score (nSPS) is 14.7. The van der Waals surface area contributed by atoms with Crippen molar-refractivity contribution in [1.82, 2.24) is 20.0 Å². The molecule has 4 rings (SSSR count). The van der Waals surface area contributed by atoms with Crippen molar-refractivity contribution >= 4 is 21.6 Å². The van der Waals surface area contributed by atoms with Crippen LogP contribution in [0, 0.1) is 12.9 Å². The van der Waals surface area contributed by atoms with Gasteiger partial charge in [-0.1, -0.05) is 21.1 Å². The van der Waals surface area contributed by atoms with Crippen LogP contribution in [0.1, 0.15) is 24.8 Å². The highest BCUT2D eigenvalue weighted by molar-refractivity contribution is 9.10. The van der Waals surface area contributed by atoms with Gasteiger partial charge in [-0.3, -0.25) is 0 Å². The highest BCUT2D eigenvalue weighted by atomic mass is 79.9. The maximum atomic E-state index is 13.6. The number of hydrogen-bond donors (Lipinski definition) is 0. The first-order valence-electron chi connectivity index (χ1n) is 8.72. The van der Waals surface area contributed by atoms with Crippen LogP contribution < -0.4 is 4.90 Å². The number of rotatable bonds is 3. The fourth-order valence-electron chi connectivity index (χ4n) is 3.33. The Balaban J connectivity index is 1.73. The van der Waals surface area contributed by atoms with Crippen molar-refractivity contribution in [2.45, 2.75) is 26.2 Å². The second kappa shape index (κ2) is 7.15. The van der Waals surface area contributed by atoms with Gasteiger partial charge in [0.25, 0.3) is 0 Å². The van der Waals surface area contributed by atoms with Crippen molar-refractivity contribution in [1.29, 1.82) is 0 Å². The molecule has 7 heteroatoms. The van der Waals surface area contributed by atoms with Gasteiger partial charge in [-0.15, -0.1) is 5.10 Å². The zero-order chi connectivity index (χ0) is 18.1. The van der Waals surface area contributed by atoms with Crippen LogP contribution in [0.25, 0.3) is 17.1 Å². The molecule has 3 aromatic rings. The lowest BCUT2D eigenvalue weighted by Crippen LogP contribution is -2.30. The van der Waals surface area contributed by atoms with Gasteiger partial charge in [0.05, 0.1) is 23.3 Å². The summed E-state index contributed by atoms with van der Waals surface area (Å²) in [5, 5.41) is 8.48. The van der Waals surface area contributed by atoms with Crippen molar-refractivity contribution in [3.63, 3.8) is 0 Å². The van der Waals surface area contributed by atoms with Gasteiger partial charge in [0.1, 0.15) is 5.69 Å². The minimum Gasteiger partial charge on any atom is -0.370 e. The van der Waals surface area contributed by atoms with Gasteiger partial charge in [-0.25, -0.2) is 9.67 Å². The molecule has 0 atom stereocenters. The number of halogens is 2. The molecule has 1 saturated heterocycles. The van der Waals surface area contributed by atoms with Gasteiger partial charge in [-0.2, -0.15) is 4.39 Å². The zero-order valence-corrected chi connectivity index (χ0v) is 16.1. The number of piperidine rings is 1. The van der Waals surface area contributed by atoms with E-state index in [0.29, 0.717) is 11.4 Å². The van der Waals surface area contributed by atoms with Gasteiger partial charge in [0, 0.05) is 17.6 Å². The van der Waals surface area contributed by atoms with Crippen LogP contribution in [0.5, 0.6) is 0 Å². The third-order valence-electron chi connectivity index (χ3n) is 4.58. The number of hydrogen-bond acceptors (Lipinski definition) is 4. The summed E-state index contributed by atoms with van der Waals surface area (Å²) in [5.41, 5.74) is 3.94. The molecular formula is C19H19BrFN5. The summed E-state index contributed by atoms with van der Waals surface area (Å²) in [7, 11) is 0. The lowest BCUT2D eigenvalue weighted by Gasteiger charge is -2.30. The molecule has 0 spiro atoms. The Morgan fingerprint density at radius 3 is 2.58 bits per heavy atom. The summed E-state index contributed by atoms with van der Waals surface area (Å²) < 4.78 is 16.4. The zero-order valence-electron chi connectivity index (χ0n) is 14.5. The van der Waals surface area contributed by atoms with Crippen LogP contribution in [-0.2, 0) is 0 Å². The van der Waals surface area contributed by atoms with Crippen LogP contribution in [0.2, 0.25) is 0 Å². The van der Waals surface area contributed by atoms with Crippen LogP contribution in [0.3, 0.4) is 0 Å². The van der Waals surface area contributed by atoms with E-state index in [9.17, 15) is 4.39 Å². The average Bonchev–Trinajstić information content (AvgIpc) is 3.11. The van der Waals surface area contributed by atoms with Crippen molar-refractivity contribution in [2.75, 3.05) is 18.0 Å². The van der Waals surface area contributed by atoms with Gasteiger partial charge < -0.3 is 4.90 Å². The monoisotopic (exact) mass is 415 g/mol. The highest BCUT2D eigenvalue weighted by Gasteiger charge is 2.17. The summed E-state index contributed by atoms with van der Waals surface area (Å²) in [6.45, 7) is 3.91. The number of aryl methyl sites for hydroxylation is 1. The first-order chi connectivity index (χ1) is 12.6. The summed E-state index contributed by atoms with van der Waals surface area (Å²) in [5.74, 6) is -0.507. The Kier molecular flexibility index (Phi) is 4.72. The van der Waals surface area contributed by atoms with Crippen LogP contribution >= 0.6 is 15.9 Å². The third-order valence-corrected chi connectivity index (χ3v) is 5.07. The number of anilines is 1. The van der Waals surface area contributed by atoms with Crippen molar-refractivity contribution in [3.8, 4) is 17.1 Å². The maximum Gasteiger partial charge on any atom is 0.213 e. The van der Waals surface area contributed by atoms with E-state index in [1.54, 1.807) is 10.9 Å². The highest BCUT2D eigenvalue weighted by Crippen LogP contribution is 2.30. The van der Waals surface area contributed by atoms with Crippen molar-refractivity contribution in [3.05, 3.63) is 52.5 Å². The number of nitrogens with zero attached hydrogens (tertiary/aromatic N) is 5. The summed E-state index contributed by atoms with van der Waals surface area (Å²) in [6.07, 6.45) is 5.47. The van der Waals surface area contributed by atoms with Crippen LogP contribution in [-0.4, -0.2) is 33.1 Å². The molecule has 0 N–H and O–H groups in total. The van der Waals surface area contributed by atoms with E-state index in [-0.39, 0.29) is 0 Å². The number of pyridine rings is 1. The molecule has 3 heterocycles. The minimum absolute atomic E-state index is 0.491. The standard InChI is InChI=1S/C19H19BrFN5/c1-13-9-15(22-19(21)10-13)16-12-26(24-23-16)17-6-5-14(20)11-18(17)25-7-3-2-4-8-25/h5-6,9-12H,2-4,7-8H2,1H3. The van der Waals surface area contributed by atoms with E-state index in [4.69, 9.17) is 0 Å². The van der Waals surface area contributed by atoms with Gasteiger partial charge >= 0.3 is 0 Å². The summed E-state index contributed by atoms with van der Waals surface area (Å²) >= 11 is 3.57. The van der Waals surface area contributed by atoms with Gasteiger partial charge in [0.15, 0.2) is 0 Å². The topological polar surface area (TPSA) is 46.8 Å². The molecule has 0 radical (unpaired) electrons. The van der Waals surface area contributed by atoms with Gasteiger partial charge in [-0.05, 0) is 62.1 Å². The lowest BCUT2D eigenvalue weighted by molar-refractivity contribution is 0.576. The molecule has 26 heavy (non-hydrogen) atoms. The molecule has 1 aromatic carbocycles. The lowest BCUT2D eigenvalue weighted by atomic mass is 10.1. The average molecular weight is 416 g/mol. The SMILES string of the molecule is Cc1cc(F)nc(-c2cn(-c3ccc(Br)cc3N3CCCCC3)nn2)c1. The predicted molar refractivity (Wildman–Crippen MR) is 103 cm³/mol.